The number of carboxylic acid groups (broad SMARTS) is 1. The molecule has 0 N–H and O–H groups in total. The van der Waals surface area contributed by atoms with Crippen molar-refractivity contribution in [3.8, 4) is 0 Å². The number of ether oxygens (including phenoxy) is 3. The smallest absolute Gasteiger partial charge is 0.306 e. The zero-order valence-corrected chi connectivity index (χ0v) is 39.5. The van der Waals surface area contributed by atoms with E-state index >= 15 is 0 Å². The molecular weight excluding hydrogens is 763 g/mol. The third kappa shape index (κ3) is 41.6. The van der Waals surface area contributed by atoms with Crippen LogP contribution >= 0.6 is 0 Å². The van der Waals surface area contributed by atoms with Gasteiger partial charge in [0.2, 0.25) is 0 Å². The van der Waals surface area contributed by atoms with Gasteiger partial charge >= 0.3 is 11.9 Å². The molecule has 0 aromatic heterocycles. The molecule has 0 bridgehead atoms. The summed E-state index contributed by atoms with van der Waals surface area (Å²) in [4.78, 5) is 36.9. The lowest BCUT2D eigenvalue weighted by atomic mass is 10.0. The molecule has 0 aliphatic heterocycles. The van der Waals surface area contributed by atoms with Crippen LogP contribution in [0.5, 0.6) is 0 Å². The first-order chi connectivity index (χ1) is 29.6. The Hall–Kier alpha value is -3.49. The van der Waals surface area contributed by atoms with E-state index in [1.807, 2.05) is 0 Å². The molecule has 8 nitrogen and oxygen atoms in total. The molecule has 0 aromatic rings. The molecule has 61 heavy (non-hydrogen) atoms. The van der Waals surface area contributed by atoms with E-state index in [2.05, 4.69) is 98.9 Å². The van der Waals surface area contributed by atoms with Crippen LogP contribution in [-0.4, -0.2) is 75.5 Å². The summed E-state index contributed by atoms with van der Waals surface area (Å²) < 4.78 is 17.1. The molecule has 0 amide bonds. The van der Waals surface area contributed by atoms with Gasteiger partial charge in [0.05, 0.1) is 40.3 Å². The first-order valence-corrected chi connectivity index (χ1v) is 24.1. The van der Waals surface area contributed by atoms with Gasteiger partial charge < -0.3 is 28.6 Å². The number of carbonyl (C=O) groups excluding carboxylic acids is 3. The maximum atomic E-state index is 12.8. The van der Waals surface area contributed by atoms with E-state index in [9.17, 15) is 19.5 Å². The van der Waals surface area contributed by atoms with Crippen molar-refractivity contribution in [1.82, 2.24) is 0 Å². The monoisotopic (exact) mass is 852 g/mol. The molecule has 0 heterocycles. The van der Waals surface area contributed by atoms with Crippen LogP contribution in [0.2, 0.25) is 0 Å². The minimum atomic E-state index is -1.14. The van der Waals surface area contributed by atoms with Gasteiger partial charge in [-0.3, -0.25) is 9.59 Å². The fourth-order valence-corrected chi connectivity index (χ4v) is 6.55. The van der Waals surface area contributed by atoms with Crippen molar-refractivity contribution in [3.05, 3.63) is 85.1 Å². The van der Waals surface area contributed by atoms with Crippen LogP contribution in [0, 0.1) is 0 Å². The van der Waals surface area contributed by atoms with Crippen LogP contribution in [0.1, 0.15) is 181 Å². The highest BCUT2D eigenvalue weighted by atomic mass is 16.6. The lowest BCUT2D eigenvalue weighted by molar-refractivity contribution is -0.889. The molecule has 0 saturated carbocycles. The summed E-state index contributed by atoms with van der Waals surface area (Å²) >= 11 is 0. The van der Waals surface area contributed by atoms with Gasteiger partial charge in [0.1, 0.15) is 12.6 Å². The Kier molecular flexibility index (Phi) is 40.7. The van der Waals surface area contributed by atoms with E-state index in [0.29, 0.717) is 12.8 Å². The second kappa shape index (κ2) is 43.2. The average molecular weight is 852 g/mol. The van der Waals surface area contributed by atoms with Crippen LogP contribution in [0.3, 0.4) is 0 Å². The molecule has 0 saturated heterocycles. The standard InChI is InChI=1S/C53H89NO7/c1-6-8-10-12-14-16-18-20-22-24-25-26-28-30-32-34-36-38-40-42-44-52(56)61-49(47-59-46-45-50(53(57)58)54(3,4)5)48-60-51(55)43-41-39-37-35-33-31-29-27-23-21-19-17-15-13-11-9-7-2/h8,10,14-17,20-23,29,31,35,37,49-50H,6-7,9,11-13,18-19,24-28,30,32-34,36,38-48H2,1-5H3/b10-8+,16-14+,17-15+,22-20+,23-21+,31-29+,37-35+. The summed E-state index contributed by atoms with van der Waals surface area (Å²) in [7, 11) is 5.39. The molecule has 8 heteroatoms. The van der Waals surface area contributed by atoms with E-state index in [-0.39, 0.29) is 49.1 Å². The van der Waals surface area contributed by atoms with Crippen molar-refractivity contribution in [2.24, 2.45) is 0 Å². The Morgan fingerprint density at radius 3 is 1.41 bits per heavy atom. The number of esters is 2. The average Bonchev–Trinajstić information content (AvgIpc) is 3.22. The number of aliphatic carboxylic acids is 1. The lowest BCUT2D eigenvalue weighted by Crippen LogP contribution is -2.55. The Bertz CT molecular complexity index is 1270. The SMILES string of the molecule is CC/C=C/C/C=C/C/C=C/CCCCCCCCCCCCC(=O)OC(COCCC(C(=O)[O-])[N+](C)(C)C)COC(=O)CCC/C=C/C/C=C/C/C=C/C/C=C/CCCCC. The van der Waals surface area contributed by atoms with Gasteiger partial charge in [0.25, 0.3) is 0 Å². The number of carboxylic acids is 1. The molecule has 0 radical (unpaired) electrons. The second-order valence-corrected chi connectivity index (χ2v) is 17.0. The Morgan fingerprint density at radius 2 is 0.934 bits per heavy atom. The minimum Gasteiger partial charge on any atom is -0.544 e. The molecule has 2 atom stereocenters. The van der Waals surface area contributed by atoms with Gasteiger partial charge in [-0.2, -0.15) is 0 Å². The molecule has 0 aliphatic carbocycles. The summed E-state index contributed by atoms with van der Waals surface area (Å²) in [5, 5.41) is 11.6. The Balaban J connectivity index is 4.38. The van der Waals surface area contributed by atoms with Crippen LogP contribution in [0.25, 0.3) is 0 Å². The van der Waals surface area contributed by atoms with E-state index < -0.39 is 18.1 Å². The minimum absolute atomic E-state index is 0.0177. The van der Waals surface area contributed by atoms with E-state index in [1.165, 1.54) is 77.0 Å². The highest BCUT2D eigenvalue weighted by Gasteiger charge is 2.25. The maximum Gasteiger partial charge on any atom is 0.306 e. The third-order valence-electron chi connectivity index (χ3n) is 10.3. The number of carbonyl (C=O) groups is 3. The van der Waals surface area contributed by atoms with Crippen molar-refractivity contribution in [2.75, 3.05) is 41.0 Å². The maximum absolute atomic E-state index is 12.8. The fraction of sp³-hybridized carbons (Fsp3) is 0.679. The molecule has 0 spiro atoms. The number of hydrogen-bond donors (Lipinski definition) is 0. The van der Waals surface area contributed by atoms with E-state index in [1.54, 1.807) is 21.1 Å². The van der Waals surface area contributed by atoms with Gasteiger partial charge in [-0.15, -0.1) is 0 Å². The van der Waals surface area contributed by atoms with Crippen molar-refractivity contribution < 1.29 is 38.2 Å². The number of allylic oxidation sites excluding steroid dienone is 14. The van der Waals surface area contributed by atoms with Gasteiger partial charge in [-0.25, -0.2) is 0 Å². The summed E-state index contributed by atoms with van der Waals surface area (Å²) in [5.74, 6) is -1.82. The fourth-order valence-electron chi connectivity index (χ4n) is 6.55. The number of hydrogen-bond acceptors (Lipinski definition) is 7. The lowest BCUT2D eigenvalue weighted by Gasteiger charge is -2.34. The highest BCUT2D eigenvalue weighted by molar-refractivity contribution is 5.70. The van der Waals surface area contributed by atoms with E-state index in [4.69, 9.17) is 14.2 Å². The van der Waals surface area contributed by atoms with Crippen molar-refractivity contribution >= 4 is 17.9 Å². The molecule has 348 valence electrons. The third-order valence-corrected chi connectivity index (χ3v) is 10.3. The molecule has 0 aliphatic rings. The van der Waals surface area contributed by atoms with Crippen LogP contribution in [0.4, 0.5) is 0 Å². The topological polar surface area (TPSA) is 102 Å². The van der Waals surface area contributed by atoms with Crippen LogP contribution in [0.15, 0.2) is 85.1 Å². The first-order valence-electron chi connectivity index (χ1n) is 24.1. The van der Waals surface area contributed by atoms with Crippen molar-refractivity contribution in [2.45, 2.75) is 193 Å². The summed E-state index contributed by atoms with van der Waals surface area (Å²) in [5.41, 5.74) is 0. The number of quaternary nitrogens is 1. The largest absolute Gasteiger partial charge is 0.544 e. The van der Waals surface area contributed by atoms with Gasteiger partial charge in [-0.1, -0.05) is 163 Å². The number of rotatable bonds is 42. The van der Waals surface area contributed by atoms with Gasteiger partial charge in [0.15, 0.2) is 6.10 Å². The quantitative estimate of drug-likeness (QED) is 0.0261. The zero-order chi connectivity index (χ0) is 44.9. The van der Waals surface area contributed by atoms with Gasteiger partial charge in [-0.05, 0) is 83.5 Å². The predicted molar refractivity (Wildman–Crippen MR) is 254 cm³/mol. The number of unbranched alkanes of at least 4 members (excludes halogenated alkanes) is 14. The predicted octanol–water partition coefficient (Wildman–Crippen LogP) is 12.4. The zero-order valence-electron chi connectivity index (χ0n) is 39.5. The Labute approximate surface area is 373 Å². The van der Waals surface area contributed by atoms with Crippen LogP contribution in [-0.2, 0) is 28.6 Å². The number of nitrogens with zero attached hydrogens (tertiary/aromatic N) is 1. The van der Waals surface area contributed by atoms with Crippen molar-refractivity contribution in [3.63, 3.8) is 0 Å². The van der Waals surface area contributed by atoms with Crippen molar-refractivity contribution in [1.29, 1.82) is 0 Å². The number of likely N-dealkylation sites (N-methyl/N-ethyl adjacent to an activating group) is 1. The Morgan fingerprint density at radius 1 is 0.508 bits per heavy atom. The molecule has 0 fully saturated rings. The molecule has 2 unspecified atom stereocenters. The summed E-state index contributed by atoms with van der Waals surface area (Å²) in [6, 6.07) is -0.739. The van der Waals surface area contributed by atoms with Gasteiger partial charge in [0, 0.05) is 19.3 Å². The second-order valence-electron chi connectivity index (χ2n) is 17.0. The molecular formula is C53H89NO7. The summed E-state index contributed by atoms with van der Waals surface area (Å²) in [6.45, 7) is 4.46. The molecule has 0 aromatic carbocycles. The summed E-state index contributed by atoms with van der Waals surface area (Å²) in [6.07, 6.45) is 56.1. The normalized spacial score (nSPS) is 13.7. The molecule has 0 rings (SSSR count). The van der Waals surface area contributed by atoms with Crippen LogP contribution < -0.4 is 5.11 Å². The highest BCUT2D eigenvalue weighted by Crippen LogP contribution is 2.14. The van der Waals surface area contributed by atoms with E-state index in [0.717, 1.165) is 64.2 Å². The first kappa shape index (κ1) is 57.5.